The number of nitrogens with one attached hydrogen (secondary N) is 3. The van der Waals surface area contributed by atoms with Gasteiger partial charge in [0.05, 0.1) is 5.69 Å². The fraction of sp³-hybridized carbons (Fsp3) is 0.333. The molecular weight excluding hydrogens is 382 g/mol. The minimum atomic E-state index is 0.212. The zero-order valence-corrected chi connectivity index (χ0v) is 17.2. The van der Waals surface area contributed by atoms with Gasteiger partial charge < -0.3 is 10.6 Å². The van der Waals surface area contributed by atoms with Gasteiger partial charge in [-0.1, -0.05) is 23.7 Å². The fourth-order valence-corrected chi connectivity index (χ4v) is 3.10. The quantitative estimate of drug-likeness (QED) is 0.509. The van der Waals surface area contributed by atoms with Crippen molar-refractivity contribution in [1.82, 2.24) is 19.9 Å². The molecule has 0 saturated heterocycles. The van der Waals surface area contributed by atoms with Crippen LogP contribution < -0.4 is 16.0 Å². The summed E-state index contributed by atoms with van der Waals surface area (Å²) in [5, 5.41) is 13.0. The van der Waals surface area contributed by atoms with Crippen molar-refractivity contribution in [3.05, 3.63) is 34.7 Å². The van der Waals surface area contributed by atoms with Crippen molar-refractivity contribution in [2.75, 3.05) is 16.0 Å². The lowest BCUT2D eigenvalue weighted by atomic mass is 10.2. The smallest absolute Gasteiger partial charge is 0.235 e. The first-order chi connectivity index (χ1) is 12.9. The molecule has 0 aliphatic rings. The first kappa shape index (κ1) is 19.3. The van der Waals surface area contributed by atoms with Crippen molar-refractivity contribution in [2.45, 2.75) is 39.8 Å². The Kier molecular flexibility index (Phi) is 6.08. The lowest BCUT2D eigenvalue weighted by molar-refractivity contribution is 0.847. The molecule has 3 rings (SSSR count). The minimum Gasteiger partial charge on any atom is -0.352 e. The van der Waals surface area contributed by atoms with Crippen LogP contribution in [0.3, 0.4) is 0 Å². The number of thiazole rings is 1. The largest absolute Gasteiger partial charge is 0.352 e. The molecule has 27 heavy (non-hydrogen) atoms. The van der Waals surface area contributed by atoms with Gasteiger partial charge in [-0.3, -0.25) is 5.32 Å². The Morgan fingerprint density at radius 2 is 1.37 bits per heavy atom. The topological polar surface area (TPSA) is 87.7 Å². The van der Waals surface area contributed by atoms with Gasteiger partial charge in [-0.25, -0.2) is 4.98 Å². The number of hydrogen-bond acceptors (Lipinski definition) is 8. The van der Waals surface area contributed by atoms with E-state index in [2.05, 4.69) is 35.9 Å². The van der Waals surface area contributed by atoms with Crippen molar-refractivity contribution < 1.29 is 0 Å². The van der Waals surface area contributed by atoms with Gasteiger partial charge in [-0.2, -0.15) is 15.0 Å². The molecule has 0 amide bonds. The molecule has 3 N–H and O–H groups in total. The van der Waals surface area contributed by atoms with E-state index in [4.69, 9.17) is 11.6 Å². The number of aromatic nitrogens is 4. The second-order valence-electron chi connectivity index (χ2n) is 6.57. The number of rotatable bonds is 7. The Bertz CT molecular complexity index is 865. The maximum Gasteiger partial charge on any atom is 0.235 e. The highest BCUT2D eigenvalue weighted by Crippen LogP contribution is 2.27. The number of halogens is 1. The van der Waals surface area contributed by atoms with E-state index < -0.39 is 0 Å². The third-order valence-corrected chi connectivity index (χ3v) is 4.34. The molecule has 0 unspecified atom stereocenters. The first-order valence-electron chi connectivity index (χ1n) is 8.66. The summed E-state index contributed by atoms with van der Waals surface area (Å²) in [6, 6.07) is 8.01. The van der Waals surface area contributed by atoms with Gasteiger partial charge in [0.15, 0.2) is 5.13 Å². The fourth-order valence-electron chi connectivity index (χ4n) is 2.26. The summed E-state index contributed by atoms with van der Waals surface area (Å²) in [6.07, 6.45) is 0. The summed E-state index contributed by atoms with van der Waals surface area (Å²) in [4.78, 5) is 17.9. The molecule has 9 heteroatoms. The SMILES string of the molecule is CC(C)Nc1nc(Nc2nc(-c3ccc(Cl)cc3)cs2)nc(NC(C)C)n1. The highest BCUT2D eigenvalue weighted by molar-refractivity contribution is 7.14. The van der Waals surface area contributed by atoms with Crippen LogP contribution in [0.2, 0.25) is 5.02 Å². The Hall–Kier alpha value is -2.45. The molecule has 142 valence electrons. The monoisotopic (exact) mass is 403 g/mol. The van der Waals surface area contributed by atoms with Crippen LogP contribution in [0.25, 0.3) is 11.3 Å². The molecule has 0 bridgehead atoms. The van der Waals surface area contributed by atoms with Gasteiger partial charge in [0, 0.05) is 28.0 Å². The molecule has 0 radical (unpaired) electrons. The van der Waals surface area contributed by atoms with E-state index >= 15 is 0 Å². The summed E-state index contributed by atoms with van der Waals surface area (Å²) in [7, 11) is 0. The molecule has 0 atom stereocenters. The molecular formula is C18H22ClN7S. The maximum atomic E-state index is 5.95. The molecule has 0 spiro atoms. The molecule has 2 aromatic heterocycles. The number of nitrogens with zero attached hydrogens (tertiary/aromatic N) is 4. The zero-order valence-electron chi connectivity index (χ0n) is 15.6. The highest BCUT2D eigenvalue weighted by Gasteiger charge is 2.11. The second-order valence-corrected chi connectivity index (χ2v) is 7.87. The summed E-state index contributed by atoms with van der Waals surface area (Å²) >= 11 is 7.44. The number of anilines is 4. The maximum absolute atomic E-state index is 5.95. The lowest BCUT2D eigenvalue weighted by Crippen LogP contribution is -2.18. The van der Waals surface area contributed by atoms with E-state index in [1.807, 2.05) is 57.3 Å². The molecule has 0 saturated carbocycles. The van der Waals surface area contributed by atoms with Crippen LogP contribution in [-0.2, 0) is 0 Å². The highest BCUT2D eigenvalue weighted by atomic mass is 35.5. The molecule has 0 fully saturated rings. The van der Waals surface area contributed by atoms with E-state index in [9.17, 15) is 0 Å². The first-order valence-corrected chi connectivity index (χ1v) is 9.92. The van der Waals surface area contributed by atoms with E-state index in [0.29, 0.717) is 28.0 Å². The van der Waals surface area contributed by atoms with Crippen LogP contribution in [0.5, 0.6) is 0 Å². The Morgan fingerprint density at radius 3 is 1.93 bits per heavy atom. The predicted molar refractivity (Wildman–Crippen MR) is 113 cm³/mol. The average molecular weight is 404 g/mol. The van der Waals surface area contributed by atoms with E-state index in [-0.39, 0.29) is 12.1 Å². The van der Waals surface area contributed by atoms with Crippen molar-refractivity contribution in [3.8, 4) is 11.3 Å². The summed E-state index contributed by atoms with van der Waals surface area (Å²) in [6.45, 7) is 8.13. The Balaban J connectivity index is 1.82. The van der Waals surface area contributed by atoms with Gasteiger partial charge in [-0.15, -0.1) is 11.3 Å². The van der Waals surface area contributed by atoms with Gasteiger partial charge in [0.2, 0.25) is 17.8 Å². The normalized spacial score (nSPS) is 11.1. The molecule has 0 aliphatic carbocycles. The van der Waals surface area contributed by atoms with Crippen molar-refractivity contribution in [2.24, 2.45) is 0 Å². The zero-order chi connectivity index (χ0) is 19.4. The average Bonchev–Trinajstić information content (AvgIpc) is 3.02. The van der Waals surface area contributed by atoms with Crippen LogP contribution in [-0.4, -0.2) is 32.0 Å². The van der Waals surface area contributed by atoms with Crippen molar-refractivity contribution >= 4 is 45.9 Å². The van der Waals surface area contributed by atoms with E-state index in [1.54, 1.807) is 0 Å². The molecule has 7 nitrogen and oxygen atoms in total. The van der Waals surface area contributed by atoms with Gasteiger partial charge in [0.1, 0.15) is 0 Å². The second kappa shape index (κ2) is 8.49. The Labute approximate surface area is 167 Å². The van der Waals surface area contributed by atoms with Gasteiger partial charge in [0.25, 0.3) is 0 Å². The van der Waals surface area contributed by atoms with Crippen molar-refractivity contribution in [1.29, 1.82) is 0 Å². The summed E-state index contributed by atoms with van der Waals surface area (Å²) in [5.41, 5.74) is 1.87. The van der Waals surface area contributed by atoms with Crippen LogP contribution >= 0.6 is 22.9 Å². The summed E-state index contributed by atoms with van der Waals surface area (Å²) < 4.78 is 0. The lowest BCUT2D eigenvalue weighted by Gasteiger charge is -2.13. The molecule has 1 aromatic carbocycles. The van der Waals surface area contributed by atoms with Crippen LogP contribution in [0.4, 0.5) is 23.0 Å². The minimum absolute atomic E-state index is 0.212. The molecule has 0 aliphatic heterocycles. The van der Waals surface area contributed by atoms with Crippen LogP contribution in [0.15, 0.2) is 29.6 Å². The molecule has 2 heterocycles. The van der Waals surface area contributed by atoms with Gasteiger partial charge in [-0.05, 0) is 39.8 Å². The molecule has 3 aromatic rings. The number of benzene rings is 1. The number of hydrogen-bond donors (Lipinski definition) is 3. The Morgan fingerprint density at radius 1 is 0.815 bits per heavy atom. The standard InChI is InChI=1S/C18H22ClN7S/c1-10(2)20-15-23-16(21-11(3)4)25-17(24-15)26-18-22-14(9-27-18)12-5-7-13(19)8-6-12/h5-11H,1-4H3,(H3,20,21,22,23,24,25,26). The third-order valence-electron chi connectivity index (χ3n) is 3.33. The predicted octanol–water partition coefficient (Wildman–Crippen LogP) is 5.03. The van der Waals surface area contributed by atoms with E-state index in [0.717, 1.165) is 11.3 Å². The third kappa shape index (κ3) is 5.51. The van der Waals surface area contributed by atoms with Gasteiger partial charge >= 0.3 is 0 Å². The van der Waals surface area contributed by atoms with Crippen LogP contribution in [0, 0.1) is 0 Å². The summed E-state index contributed by atoms with van der Waals surface area (Å²) in [5.74, 6) is 1.47. The van der Waals surface area contributed by atoms with E-state index in [1.165, 1.54) is 11.3 Å². The van der Waals surface area contributed by atoms with Crippen LogP contribution in [0.1, 0.15) is 27.7 Å². The van der Waals surface area contributed by atoms with Crippen molar-refractivity contribution in [3.63, 3.8) is 0 Å².